The Labute approximate surface area is 243 Å². The first kappa shape index (κ1) is 33.6. The van der Waals surface area contributed by atoms with E-state index in [2.05, 4.69) is 96.7 Å². The Morgan fingerprint density at radius 1 is 0.714 bits per heavy atom. The molecular formula is C28H38Br2CoN4. The van der Waals surface area contributed by atoms with E-state index in [1.807, 2.05) is 12.3 Å². The summed E-state index contributed by atoms with van der Waals surface area (Å²) in [5.41, 5.74) is 9.09. The van der Waals surface area contributed by atoms with E-state index < -0.39 is 0 Å². The van der Waals surface area contributed by atoms with Crippen molar-refractivity contribution in [2.75, 3.05) is 36.8 Å². The molecule has 193 valence electrons. The van der Waals surface area contributed by atoms with Gasteiger partial charge in [0.05, 0.1) is 5.69 Å². The van der Waals surface area contributed by atoms with E-state index in [0.717, 1.165) is 51.3 Å². The number of nitrogens with zero attached hydrogens (tertiary/aromatic N) is 2. The predicted octanol–water partition coefficient (Wildman–Crippen LogP) is -0.145. The molecule has 0 atom stereocenters. The molecule has 0 fully saturated rings. The normalized spacial score (nSPS) is 10.1. The maximum Gasteiger partial charge on any atom is 2.00 e. The molecule has 1 aromatic heterocycles. The standard InChI is InChI=1S/C28H38N4.2BrH.Co/c1-5-24-13-10-14-25(6-2)28(24)31-18-20-32(21-26-15-7-8-16-29-26)19-17-30-27-22(3)11-9-12-23(27)4;;;/h7-16,30-31H,5-6,17-21H2,1-4H3;2*1H;/q;;;+2/p-2. The van der Waals surface area contributed by atoms with Crippen molar-refractivity contribution in [2.45, 2.75) is 47.1 Å². The topological polar surface area (TPSA) is 40.2 Å². The number of nitrogens with one attached hydrogen (secondary N) is 2. The SMILES string of the molecule is CCc1cccc(CC)c1NCCN(CCNc1c(C)cccc1C)Cc1ccccn1.[Br-].[Br-].[Co+2]. The van der Waals surface area contributed by atoms with Gasteiger partial charge in [0.1, 0.15) is 0 Å². The van der Waals surface area contributed by atoms with Crippen molar-refractivity contribution in [3.8, 4) is 0 Å². The number of para-hydroxylation sites is 2. The Kier molecular flexibility index (Phi) is 17.2. The van der Waals surface area contributed by atoms with Gasteiger partial charge in [0.2, 0.25) is 0 Å². The van der Waals surface area contributed by atoms with E-state index >= 15 is 0 Å². The van der Waals surface area contributed by atoms with Gasteiger partial charge >= 0.3 is 16.8 Å². The van der Waals surface area contributed by atoms with Crippen LogP contribution < -0.4 is 44.6 Å². The minimum atomic E-state index is 0. The molecule has 4 nitrogen and oxygen atoms in total. The Morgan fingerprint density at radius 3 is 1.77 bits per heavy atom. The van der Waals surface area contributed by atoms with Gasteiger partial charge < -0.3 is 44.6 Å². The maximum atomic E-state index is 4.55. The van der Waals surface area contributed by atoms with Crippen LogP contribution in [0.15, 0.2) is 60.8 Å². The summed E-state index contributed by atoms with van der Waals surface area (Å²) in [6.07, 6.45) is 3.98. The molecule has 2 aromatic carbocycles. The van der Waals surface area contributed by atoms with Gasteiger partial charge in [-0.1, -0.05) is 56.3 Å². The summed E-state index contributed by atoms with van der Waals surface area (Å²) in [7, 11) is 0. The van der Waals surface area contributed by atoms with Crippen molar-refractivity contribution >= 4 is 11.4 Å². The molecule has 1 radical (unpaired) electrons. The maximum absolute atomic E-state index is 4.55. The molecule has 3 aromatic rings. The molecule has 7 heteroatoms. The number of pyridine rings is 1. The van der Waals surface area contributed by atoms with Crippen LogP contribution in [0.2, 0.25) is 0 Å². The van der Waals surface area contributed by atoms with Crippen LogP contribution >= 0.6 is 0 Å². The molecule has 35 heavy (non-hydrogen) atoms. The second kappa shape index (κ2) is 18.0. The number of hydrogen-bond donors (Lipinski definition) is 2. The van der Waals surface area contributed by atoms with Crippen LogP contribution in [0.1, 0.15) is 41.8 Å². The minimum absolute atomic E-state index is 0. The molecule has 0 bridgehead atoms. The van der Waals surface area contributed by atoms with Crippen molar-refractivity contribution in [3.05, 3.63) is 88.7 Å². The van der Waals surface area contributed by atoms with Crippen molar-refractivity contribution < 1.29 is 50.7 Å². The zero-order valence-corrected chi connectivity index (χ0v) is 25.4. The third-order valence-electron chi connectivity index (χ3n) is 6.05. The fraction of sp³-hybridized carbons (Fsp3) is 0.393. The number of benzene rings is 2. The Morgan fingerprint density at radius 2 is 1.26 bits per heavy atom. The van der Waals surface area contributed by atoms with Crippen LogP contribution in [0, 0.1) is 13.8 Å². The summed E-state index contributed by atoms with van der Waals surface area (Å²) in [5, 5.41) is 7.40. The summed E-state index contributed by atoms with van der Waals surface area (Å²) in [5.74, 6) is 0. The smallest absolute Gasteiger partial charge is 1.00 e. The van der Waals surface area contributed by atoms with Gasteiger partial charge in [-0.15, -0.1) is 0 Å². The van der Waals surface area contributed by atoms with Crippen molar-refractivity contribution in [3.63, 3.8) is 0 Å². The fourth-order valence-corrected chi connectivity index (χ4v) is 4.23. The molecule has 0 saturated heterocycles. The Balaban J connectivity index is 0.00000385. The third-order valence-corrected chi connectivity index (χ3v) is 6.05. The van der Waals surface area contributed by atoms with Gasteiger partial charge in [-0.3, -0.25) is 9.88 Å². The average molecular weight is 649 g/mol. The van der Waals surface area contributed by atoms with E-state index in [0.29, 0.717) is 0 Å². The summed E-state index contributed by atoms with van der Waals surface area (Å²) in [6, 6.07) is 19.3. The molecule has 0 aliphatic carbocycles. The van der Waals surface area contributed by atoms with Crippen LogP contribution in [0.25, 0.3) is 0 Å². The number of aryl methyl sites for hydroxylation is 4. The van der Waals surface area contributed by atoms with Crippen LogP contribution in [-0.2, 0) is 36.2 Å². The molecule has 0 aliphatic heterocycles. The summed E-state index contributed by atoms with van der Waals surface area (Å²) < 4.78 is 0. The number of halogens is 2. The first-order chi connectivity index (χ1) is 15.6. The number of anilines is 2. The van der Waals surface area contributed by atoms with Crippen LogP contribution in [0.5, 0.6) is 0 Å². The number of hydrogen-bond acceptors (Lipinski definition) is 4. The predicted molar refractivity (Wildman–Crippen MR) is 138 cm³/mol. The van der Waals surface area contributed by atoms with Crippen molar-refractivity contribution in [2.24, 2.45) is 0 Å². The fourth-order valence-electron chi connectivity index (χ4n) is 4.23. The molecule has 0 spiro atoms. The quantitative estimate of drug-likeness (QED) is 0.287. The number of rotatable bonds is 12. The number of aromatic nitrogens is 1. The van der Waals surface area contributed by atoms with Gasteiger partial charge in [0.25, 0.3) is 0 Å². The van der Waals surface area contributed by atoms with E-state index in [1.54, 1.807) is 0 Å². The summed E-state index contributed by atoms with van der Waals surface area (Å²) >= 11 is 0. The second-order valence-corrected chi connectivity index (χ2v) is 8.38. The van der Waals surface area contributed by atoms with E-state index in [4.69, 9.17) is 0 Å². The van der Waals surface area contributed by atoms with Gasteiger partial charge in [0.15, 0.2) is 0 Å². The van der Waals surface area contributed by atoms with Gasteiger partial charge in [-0.05, 0) is 61.1 Å². The van der Waals surface area contributed by atoms with Gasteiger partial charge in [-0.2, -0.15) is 0 Å². The van der Waals surface area contributed by atoms with E-state index in [9.17, 15) is 0 Å². The minimum Gasteiger partial charge on any atom is -1.00 e. The Hall–Kier alpha value is -1.38. The third kappa shape index (κ3) is 10.2. The van der Waals surface area contributed by atoms with Gasteiger partial charge in [0, 0.05) is 50.3 Å². The first-order valence-electron chi connectivity index (χ1n) is 11.9. The van der Waals surface area contributed by atoms with Crippen molar-refractivity contribution in [1.82, 2.24) is 9.88 Å². The molecule has 0 unspecified atom stereocenters. The van der Waals surface area contributed by atoms with E-state index in [-0.39, 0.29) is 50.7 Å². The van der Waals surface area contributed by atoms with Crippen LogP contribution in [0.4, 0.5) is 11.4 Å². The zero-order valence-electron chi connectivity index (χ0n) is 21.2. The molecule has 0 aliphatic rings. The Bertz CT molecular complexity index is 943. The van der Waals surface area contributed by atoms with Crippen LogP contribution in [-0.4, -0.2) is 36.1 Å². The van der Waals surface area contributed by atoms with Gasteiger partial charge in [-0.25, -0.2) is 0 Å². The second-order valence-electron chi connectivity index (χ2n) is 8.38. The van der Waals surface area contributed by atoms with Crippen LogP contribution in [0.3, 0.4) is 0 Å². The molecule has 1 heterocycles. The monoisotopic (exact) mass is 647 g/mol. The summed E-state index contributed by atoms with van der Waals surface area (Å²) in [6.45, 7) is 13.4. The largest absolute Gasteiger partial charge is 2.00 e. The zero-order chi connectivity index (χ0) is 22.8. The van der Waals surface area contributed by atoms with E-state index in [1.165, 1.54) is 33.6 Å². The first-order valence-corrected chi connectivity index (χ1v) is 11.9. The molecule has 0 saturated carbocycles. The molecule has 3 rings (SSSR count). The summed E-state index contributed by atoms with van der Waals surface area (Å²) in [4.78, 5) is 7.03. The average Bonchev–Trinajstić information content (AvgIpc) is 2.81. The molecule has 0 amide bonds. The molecule has 2 N–H and O–H groups in total. The molecular weight excluding hydrogens is 611 g/mol. The van der Waals surface area contributed by atoms with Crippen molar-refractivity contribution in [1.29, 1.82) is 0 Å².